The van der Waals surface area contributed by atoms with Crippen LogP contribution in [0.15, 0.2) is 23.0 Å². The van der Waals surface area contributed by atoms with Crippen molar-refractivity contribution < 1.29 is 9.72 Å². The summed E-state index contributed by atoms with van der Waals surface area (Å²) in [6.45, 7) is 4.99. The number of aromatic amines is 1. The maximum Gasteiger partial charge on any atom is 0.274 e. The van der Waals surface area contributed by atoms with Gasteiger partial charge in [0.2, 0.25) is 5.91 Å². The first-order chi connectivity index (χ1) is 11.3. The molecule has 1 aromatic carbocycles. The second kappa shape index (κ2) is 7.03. The van der Waals surface area contributed by atoms with Gasteiger partial charge in [-0.1, -0.05) is 6.07 Å². The van der Waals surface area contributed by atoms with Crippen LogP contribution in [0.3, 0.4) is 0 Å². The van der Waals surface area contributed by atoms with Gasteiger partial charge in [-0.25, -0.2) is 4.98 Å². The molecular formula is C16H18N4O4. The molecule has 0 saturated carbocycles. The van der Waals surface area contributed by atoms with Crippen LogP contribution in [0.4, 0.5) is 11.4 Å². The first-order valence-electron chi connectivity index (χ1n) is 7.40. The number of hydrogen-bond donors (Lipinski definition) is 2. The number of aryl methyl sites for hydroxylation is 2. The molecule has 2 rings (SSSR count). The maximum absolute atomic E-state index is 12.1. The summed E-state index contributed by atoms with van der Waals surface area (Å²) in [6.07, 6.45) is 0.324. The lowest BCUT2D eigenvalue weighted by Gasteiger charge is -2.09. The number of carbonyl (C=O) groups is 1. The second-order valence-electron chi connectivity index (χ2n) is 5.47. The zero-order valence-corrected chi connectivity index (χ0v) is 13.7. The number of H-pyrrole nitrogens is 1. The largest absolute Gasteiger partial charge is 0.326 e. The fourth-order valence-corrected chi connectivity index (χ4v) is 2.45. The Balaban J connectivity index is 2.09. The highest BCUT2D eigenvalue weighted by atomic mass is 16.6. The van der Waals surface area contributed by atoms with Gasteiger partial charge in [0, 0.05) is 23.7 Å². The van der Waals surface area contributed by atoms with Gasteiger partial charge in [-0.05, 0) is 33.3 Å². The molecule has 8 heteroatoms. The van der Waals surface area contributed by atoms with Gasteiger partial charge in [0.25, 0.3) is 11.2 Å². The van der Waals surface area contributed by atoms with Crippen molar-refractivity contribution in [1.82, 2.24) is 9.97 Å². The van der Waals surface area contributed by atoms with Gasteiger partial charge < -0.3 is 10.3 Å². The van der Waals surface area contributed by atoms with Crippen LogP contribution < -0.4 is 10.9 Å². The van der Waals surface area contributed by atoms with E-state index in [4.69, 9.17) is 0 Å². The average molecular weight is 330 g/mol. The van der Waals surface area contributed by atoms with Crippen molar-refractivity contribution in [3.05, 3.63) is 61.3 Å². The number of nitrogens with one attached hydrogen (secondary N) is 2. The Kier molecular flexibility index (Phi) is 5.08. The van der Waals surface area contributed by atoms with Crippen LogP contribution in [0.5, 0.6) is 0 Å². The number of nitro benzene ring substituents is 1. The minimum Gasteiger partial charge on any atom is -0.326 e. The monoisotopic (exact) mass is 330 g/mol. The highest BCUT2D eigenvalue weighted by Gasteiger charge is 2.15. The highest BCUT2D eigenvalue weighted by molar-refractivity contribution is 5.92. The normalized spacial score (nSPS) is 10.5. The van der Waals surface area contributed by atoms with Crippen molar-refractivity contribution in [2.75, 3.05) is 5.32 Å². The first kappa shape index (κ1) is 17.3. The number of hydrogen-bond acceptors (Lipinski definition) is 5. The fraction of sp³-hybridized carbons (Fsp3) is 0.312. The van der Waals surface area contributed by atoms with Gasteiger partial charge in [0.05, 0.1) is 16.2 Å². The first-order valence-corrected chi connectivity index (χ1v) is 7.40. The van der Waals surface area contributed by atoms with Gasteiger partial charge in [0.15, 0.2) is 0 Å². The molecule has 2 aromatic rings. The van der Waals surface area contributed by atoms with E-state index in [9.17, 15) is 19.7 Å². The summed E-state index contributed by atoms with van der Waals surface area (Å²) >= 11 is 0. The molecular weight excluding hydrogens is 312 g/mol. The molecule has 126 valence electrons. The third kappa shape index (κ3) is 3.83. The van der Waals surface area contributed by atoms with Gasteiger partial charge in [-0.15, -0.1) is 0 Å². The van der Waals surface area contributed by atoms with Crippen molar-refractivity contribution in [3.63, 3.8) is 0 Å². The number of amides is 1. The molecule has 0 saturated heterocycles. The van der Waals surface area contributed by atoms with Crippen LogP contribution in [-0.2, 0) is 11.2 Å². The van der Waals surface area contributed by atoms with Crippen molar-refractivity contribution in [3.8, 4) is 0 Å². The summed E-state index contributed by atoms with van der Waals surface area (Å²) in [4.78, 5) is 41.2. The van der Waals surface area contributed by atoms with Gasteiger partial charge in [-0.2, -0.15) is 0 Å². The molecule has 0 bridgehead atoms. The van der Waals surface area contributed by atoms with Crippen molar-refractivity contribution >= 4 is 17.3 Å². The predicted octanol–water partition coefficient (Wildman–Crippen LogP) is 2.17. The average Bonchev–Trinajstić information content (AvgIpc) is 2.48. The minimum atomic E-state index is -0.494. The fourth-order valence-electron chi connectivity index (χ4n) is 2.45. The summed E-state index contributed by atoms with van der Waals surface area (Å²) in [6, 6.07) is 4.50. The quantitative estimate of drug-likeness (QED) is 0.643. The topological polar surface area (TPSA) is 118 Å². The molecule has 24 heavy (non-hydrogen) atoms. The Morgan fingerprint density at radius 3 is 2.67 bits per heavy atom. The lowest BCUT2D eigenvalue weighted by atomic mass is 10.1. The van der Waals surface area contributed by atoms with Gasteiger partial charge in [0.1, 0.15) is 5.82 Å². The number of anilines is 1. The number of rotatable bonds is 5. The van der Waals surface area contributed by atoms with Crippen LogP contribution in [0.1, 0.15) is 29.1 Å². The van der Waals surface area contributed by atoms with Crippen LogP contribution in [0.25, 0.3) is 0 Å². The van der Waals surface area contributed by atoms with Crippen LogP contribution >= 0.6 is 0 Å². The molecule has 0 spiro atoms. The van der Waals surface area contributed by atoms with E-state index in [-0.39, 0.29) is 30.0 Å². The van der Waals surface area contributed by atoms with E-state index in [0.717, 1.165) is 0 Å². The number of benzene rings is 1. The van der Waals surface area contributed by atoms with Gasteiger partial charge in [-0.3, -0.25) is 19.7 Å². The zero-order valence-electron chi connectivity index (χ0n) is 13.7. The third-order valence-electron chi connectivity index (χ3n) is 3.72. The molecule has 0 radical (unpaired) electrons. The van der Waals surface area contributed by atoms with Crippen LogP contribution in [0.2, 0.25) is 0 Å². The smallest absolute Gasteiger partial charge is 0.274 e. The molecule has 1 amide bonds. The number of aromatic nitrogens is 2. The molecule has 2 N–H and O–H groups in total. The Bertz CT molecular complexity index is 858. The summed E-state index contributed by atoms with van der Waals surface area (Å²) in [5.74, 6) is 0.205. The molecule has 1 aromatic heterocycles. The van der Waals surface area contributed by atoms with Crippen LogP contribution in [-0.4, -0.2) is 20.8 Å². The maximum atomic E-state index is 12.1. The van der Waals surface area contributed by atoms with Crippen molar-refractivity contribution in [2.45, 2.75) is 33.6 Å². The molecule has 1 heterocycles. The lowest BCUT2D eigenvalue weighted by molar-refractivity contribution is -0.385. The number of nitrogens with zero attached hydrogens (tertiary/aromatic N) is 2. The highest BCUT2D eigenvalue weighted by Crippen LogP contribution is 2.25. The van der Waals surface area contributed by atoms with E-state index in [2.05, 4.69) is 15.3 Å². The van der Waals surface area contributed by atoms with Gasteiger partial charge >= 0.3 is 0 Å². The number of nitro groups is 1. The third-order valence-corrected chi connectivity index (χ3v) is 3.72. The Hall–Kier alpha value is -3.03. The van der Waals surface area contributed by atoms with E-state index in [1.807, 2.05) is 0 Å². The zero-order chi connectivity index (χ0) is 17.9. The molecule has 0 fully saturated rings. The predicted molar refractivity (Wildman–Crippen MR) is 89.1 cm³/mol. The molecule has 0 atom stereocenters. The second-order valence-corrected chi connectivity index (χ2v) is 5.47. The Morgan fingerprint density at radius 1 is 1.33 bits per heavy atom. The summed E-state index contributed by atoms with van der Waals surface area (Å²) in [5.41, 5.74) is 1.54. The van der Waals surface area contributed by atoms with E-state index in [1.165, 1.54) is 12.1 Å². The SMILES string of the molecule is Cc1nc(C)c(CCC(=O)Nc2cccc([N+](=O)[O-])c2C)c(=O)[nH]1. The molecule has 8 nitrogen and oxygen atoms in total. The summed E-state index contributed by atoms with van der Waals surface area (Å²) in [7, 11) is 0. The minimum absolute atomic E-state index is 0.0529. The molecule has 0 aliphatic rings. The van der Waals surface area contributed by atoms with E-state index < -0.39 is 4.92 Å². The van der Waals surface area contributed by atoms with Crippen LogP contribution in [0, 0.1) is 30.9 Å². The van der Waals surface area contributed by atoms with E-state index in [0.29, 0.717) is 28.3 Å². The molecule has 0 aliphatic carbocycles. The lowest BCUT2D eigenvalue weighted by Crippen LogP contribution is -2.20. The molecule has 0 aliphatic heterocycles. The number of carbonyl (C=O) groups excluding carboxylic acids is 1. The summed E-state index contributed by atoms with van der Waals surface area (Å²) < 4.78 is 0. The van der Waals surface area contributed by atoms with Crippen molar-refractivity contribution in [2.24, 2.45) is 0 Å². The Labute approximate surface area is 138 Å². The van der Waals surface area contributed by atoms with E-state index >= 15 is 0 Å². The van der Waals surface area contributed by atoms with E-state index in [1.54, 1.807) is 26.8 Å². The summed E-state index contributed by atoms with van der Waals surface area (Å²) in [5, 5.41) is 13.6. The standard InChI is InChI=1S/C16H18N4O4/c1-9-13(5-4-6-14(9)20(23)24)19-15(21)8-7-12-10(2)17-11(3)18-16(12)22/h4-6H,7-8H2,1-3H3,(H,19,21)(H,17,18,22). The molecule has 0 unspecified atom stereocenters. The Morgan fingerprint density at radius 2 is 2.04 bits per heavy atom. The van der Waals surface area contributed by atoms with Crippen molar-refractivity contribution in [1.29, 1.82) is 0 Å².